The van der Waals surface area contributed by atoms with Crippen molar-refractivity contribution in [1.82, 2.24) is 9.97 Å². The van der Waals surface area contributed by atoms with Crippen LogP contribution in [-0.4, -0.2) is 21.7 Å². The average Bonchev–Trinajstić information content (AvgIpc) is 3.21. The third-order valence-corrected chi connectivity index (χ3v) is 5.73. The van der Waals surface area contributed by atoms with Crippen molar-refractivity contribution in [2.24, 2.45) is 0 Å². The zero-order chi connectivity index (χ0) is 16.5. The Labute approximate surface area is 144 Å². The van der Waals surface area contributed by atoms with Crippen molar-refractivity contribution >= 4 is 27.4 Å². The lowest BCUT2D eigenvalue weighted by molar-refractivity contribution is 0.273. The fourth-order valence-electron chi connectivity index (χ4n) is 3.44. The minimum absolute atomic E-state index is 0.0906. The van der Waals surface area contributed by atoms with Crippen molar-refractivity contribution in [3.8, 4) is 0 Å². The molecule has 126 valence electrons. The van der Waals surface area contributed by atoms with Crippen LogP contribution >= 0.6 is 11.3 Å². The Hall–Kier alpha value is -1.92. The van der Waals surface area contributed by atoms with Gasteiger partial charge in [0.1, 0.15) is 22.2 Å². The van der Waals surface area contributed by atoms with Gasteiger partial charge in [-0.1, -0.05) is 0 Å². The van der Waals surface area contributed by atoms with Crippen LogP contribution in [-0.2, 0) is 12.8 Å². The second-order valence-electron chi connectivity index (χ2n) is 6.24. The number of fused-ring (bicyclic) bond motifs is 3. The molecule has 0 amide bonds. The van der Waals surface area contributed by atoms with E-state index in [9.17, 15) is 5.11 Å². The fourth-order valence-corrected chi connectivity index (χ4v) is 4.74. The summed E-state index contributed by atoms with van der Waals surface area (Å²) in [7, 11) is 0. The van der Waals surface area contributed by atoms with Crippen LogP contribution in [0.5, 0.6) is 0 Å². The Kier molecular flexibility index (Phi) is 4.24. The van der Waals surface area contributed by atoms with Crippen molar-refractivity contribution in [1.29, 1.82) is 0 Å². The Balaban J connectivity index is 1.78. The minimum atomic E-state index is -0.0957. The maximum atomic E-state index is 9.42. The molecule has 2 N–H and O–H groups in total. The van der Waals surface area contributed by atoms with Crippen molar-refractivity contribution in [2.75, 3.05) is 11.9 Å². The molecule has 1 unspecified atom stereocenters. The summed E-state index contributed by atoms with van der Waals surface area (Å²) in [4.78, 5) is 11.8. The summed E-state index contributed by atoms with van der Waals surface area (Å²) in [5.41, 5.74) is 1.41. The SMILES string of the molecule is Cc1nc(NC(CCO)c2ccco2)c2c3c(sc2n1)CCCC3. The van der Waals surface area contributed by atoms with Crippen molar-refractivity contribution in [2.45, 2.75) is 45.1 Å². The molecular weight excluding hydrogens is 322 g/mol. The first kappa shape index (κ1) is 15.6. The Morgan fingerprint density at radius 3 is 3.00 bits per heavy atom. The van der Waals surface area contributed by atoms with Gasteiger partial charge in [-0.3, -0.25) is 0 Å². The number of anilines is 1. The van der Waals surface area contributed by atoms with Crippen LogP contribution in [0.2, 0.25) is 0 Å². The highest BCUT2D eigenvalue weighted by atomic mass is 32.1. The quantitative estimate of drug-likeness (QED) is 0.732. The van der Waals surface area contributed by atoms with E-state index in [1.54, 1.807) is 17.6 Å². The van der Waals surface area contributed by atoms with Crippen LogP contribution in [0.3, 0.4) is 0 Å². The molecule has 0 aliphatic heterocycles. The van der Waals surface area contributed by atoms with Gasteiger partial charge in [0.15, 0.2) is 0 Å². The molecule has 6 heteroatoms. The van der Waals surface area contributed by atoms with Gasteiger partial charge in [-0.25, -0.2) is 9.97 Å². The predicted molar refractivity (Wildman–Crippen MR) is 95.6 cm³/mol. The summed E-state index contributed by atoms with van der Waals surface area (Å²) < 4.78 is 5.54. The second kappa shape index (κ2) is 6.53. The van der Waals surface area contributed by atoms with Crippen LogP contribution in [0, 0.1) is 6.92 Å². The monoisotopic (exact) mass is 343 g/mol. The Bertz CT molecular complexity index is 842. The van der Waals surface area contributed by atoms with Crippen molar-refractivity contribution < 1.29 is 9.52 Å². The summed E-state index contributed by atoms with van der Waals surface area (Å²) in [6.07, 6.45) is 6.97. The normalized spacial score (nSPS) is 15.4. The molecule has 5 nitrogen and oxygen atoms in total. The van der Waals surface area contributed by atoms with Crippen LogP contribution < -0.4 is 5.32 Å². The standard InChI is InChI=1S/C18H21N3O2S/c1-11-19-17(21-13(8-9-22)14-6-4-10-23-14)16-12-5-2-3-7-15(12)24-18(16)20-11/h4,6,10,13,22H,2-3,5,7-9H2,1H3,(H,19,20,21). The number of aliphatic hydroxyl groups excluding tert-OH is 1. The molecule has 0 radical (unpaired) electrons. The number of aromatic nitrogens is 2. The third-order valence-electron chi connectivity index (χ3n) is 4.54. The van der Waals surface area contributed by atoms with Gasteiger partial charge in [-0.15, -0.1) is 11.3 Å². The van der Waals surface area contributed by atoms with Gasteiger partial charge in [0, 0.05) is 11.5 Å². The fraction of sp³-hybridized carbons (Fsp3) is 0.444. The maximum Gasteiger partial charge on any atom is 0.139 e. The van der Waals surface area contributed by atoms with Gasteiger partial charge in [0.25, 0.3) is 0 Å². The molecule has 24 heavy (non-hydrogen) atoms. The van der Waals surface area contributed by atoms with Crippen LogP contribution in [0.15, 0.2) is 22.8 Å². The summed E-state index contributed by atoms with van der Waals surface area (Å²) in [5.74, 6) is 2.45. The second-order valence-corrected chi connectivity index (χ2v) is 7.32. The molecule has 4 rings (SSSR count). The first-order chi connectivity index (χ1) is 11.8. The average molecular weight is 343 g/mol. The van der Waals surface area contributed by atoms with Gasteiger partial charge in [0.05, 0.1) is 17.7 Å². The van der Waals surface area contributed by atoms with E-state index in [0.29, 0.717) is 6.42 Å². The molecule has 1 aliphatic carbocycles. The first-order valence-corrected chi connectivity index (χ1v) is 9.27. The molecule has 0 bridgehead atoms. The highest BCUT2D eigenvalue weighted by Crippen LogP contribution is 2.39. The smallest absolute Gasteiger partial charge is 0.139 e. The topological polar surface area (TPSA) is 71.2 Å². The molecule has 1 aliphatic rings. The number of hydrogen-bond donors (Lipinski definition) is 2. The van der Waals surface area contributed by atoms with Gasteiger partial charge >= 0.3 is 0 Å². The predicted octanol–water partition coefficient (Wildman–Crippen LogP) is 4.01. The summed E-state index contributed by atoms with van der Waals surface area (Å²) >= 11 is 1.80. The highest BCUT2D eigenvalue weighted by Gasteiger charge is 2.23. The van der Waals surface area contributed by atoms with E-state index >= 15 is 0 Å². The number of hydrogen-bond acceptors (Lipinski definition) is 6. The van der Waals surface area contributed by atoms with Crippen LogP contribution in [0.25, 0.3) is 10.2 Å². The number of thiophene rings is 1. The van der Waals surface area contributed by atoms with Gasteiger partial charge in [-0.2, -0.15) is 0 Å². The molecule has 0 aromatic carbocycles. The van der Waals surface area contributed by atoms with E-state index in [0.717, 1.165) is 40.5 Å². The van der Waals surface area contributed by atoms with Crippen LogP contribution in [0.4, 0.5) is 5.82 Å². The first-order valence-electron chi connectivity index (χ1n) is 8.46. The van der Waals surface area contributed by atoms with E-state index in [1.165, 1.54) is 23.3 Å². The maximum absolute atomic E-state index is 9.42. The molecular formula is C18H21N3O2S. The molecule has 0 spiro atoms. The minimum Gasteiger partial charge on any atom is -0.467 e. The highest BCUT2D eigenvalue weighted by molar-refractivity contribution is 7.19. The van der Waals surface area contributed by atoms with Gasteiger partial charge < -0.3 is 14.8 Å². The Morgan fingerprint density at radius 2 is 2.21 bits per heavy atom. The molecule has 3 aromatic heterocycles. The molecule has 3 heterocycles. The summed E-state index contributed by atoms with van der Waals surface area (Å²) in [5, 5.41) is 14.1. The van der Waals surface area contributed by atoms with Crippen LogP contribution in [0.1, 0.15) is 47.3 Å². The molecule has 1 atom stereocenters. The summed E-state index contributed by atoms with van der Waals surface area (Å²) in [6.45, 7) is 2.02. The number of aliphatic hydroxyl groups is 1. The van der Waals surface area contributed by atoms with E-state index in [-0.39, 0.29) is 12.6 Å². The lowest BCUT2D eigenvalue weighted by atomic mass is 9.97. The van der Waals surface area contributed by atoms with Gasteiger partial charge in [0.2, 0.25) is 0 Å². The number of furan rings is 1. The number of nitrogens with one attached hydrogen (secondary N) is 1. The third kappa shape index (κ3) is 2.80. The van der Waals surface area contributed by atoms with Crippen molar-refractivity contribution in [3.63, 3.8) is 0 Å². The lowest BCUT2D eigenvalue weighted by Gasteiger charge is -2.18. The molecule has 0 saturated carbocycles. The van der Waals surface area contributed by atoms with E-state index in [1.807, 2.05) is 19.1 Å². The number of nitrogens with zero attached hydrogens (tertiary/aromatic N) is 2. The van der Waals surface area contributed by atoms with E-state index in [4.69, 9.17) is 4.42 Å². The largest absolute Gasteiger partial charge is 0.467 e. The van der Waals surface area contributed by atoms with Gasteiger partial charge in [-0.05, 0) is 56.7 Å². The van der Waals surface area contributed by atoms with E-state index in [2.05, 4.69) is 15.3 Å². The lowest BCUT2D eigenvalue weighted by Crippen LogP contribution is -2.14. The molecule has 0 saturated heterocycles. The Morgan fingerprint density at radius 1 is 1.33 bits per heavy atom. The van der Waals surface area contributed by atoms with E-state index < -0.39 is 0 Å². The molecule has 3 aromatic rings. The van der Waals surface area contributed by atoms with Crippen molar-refractivity contribution in [3.05, 3.63) is 40.4 Å². The summed E-state index contributed by atoms with van der Waals surface area (Å²) in [6, 6.07) is 3.71. The zero-order valence-corrected chi connectivity index (χ0v) is 14.5. The zero-order valence-electron chi connectivity index (χ0n) is 13.7. The number of aryl methyl sites for hydroxylation is 3. The molecule has 0 fully saturated rings. The number of rotatable bonds is 5.